The molecule has 2 unspecified atom stereocenters. The lowest BCUT2D eigenvalue weighted by Gasteiger charge is -2.31. The molecule has 14 rings (SSSR count). The van der Waals surface area contributed by atoms with Gasteiger partial charge >= 0.3 is 0 Å². The zero-order valence-electron chi connectivity index (χ0n) is 77.3. The van der Waals surface area contributed by atoms with Gasteiger partial charge in [-0.05, 0) is 197 Å². The van der Waals surface area contributed by atoms with Gasteiger partial charge in [-0.25, -0.2) is 0 Å². The Morgan fingerprint density at radius 3 is 1.23 bits per heavy atom. The monoisotopic (exact) mass is 1860 g/mol. The molecule has 8 aromatic rings. The summed E-state index contributed by atoms with van der Waals surface area (Å²) in [6.45, 7) is 24.6. The zero-order valence-corrected chi connectivity index (χ0v) is 80.5. The fourth-order valence-electron chi connectivity index (χ4n) is 16.7. The van der Waals surface area contributed by atoms with Crippen molar-refractivity contribution in [3.05, 3.63) is 212 Å². The van der Waals surface area contributed by atoms with Crippen LogP contribution in [0.15, 0.2) is 161 Å². The third-order valence-electron chi connectivity index (χ3n) is 24.1. The number of fused-ring (bicyclic) bond motifs is 12. The minimum atomic E-state index is -0.278. The molecule has 25 nitrogen and oxygen atoms in total. The van der Waals surface area contributed by atoms with Crippen LogP contribution in [0.3, 0.4) is 0 Å². The number of ether oxygens (including phenoxy) is 7. The first-order valence-corrected chi connectivity index (χ1v) is 49.9. The van der Waals surface area contributed by atoms with E-state index in [9.17, 15) is 39.3 Å². The second-order valence-corrected chi connectivity index (χ2v) is 41.9. The highest BCUT2D eigenvalue weighted by atomic mass is 32.8. The maximum Gasteiger partial charge on any atom is 0.261 e. The number of amides is 5. The number of phenolic OH excluding ortho intramolecular Hbond substituents is 1. The molecule has 6 heterocycles. The summed E-state index contributed by atoms with van der Waals surface area (Å²) in [5.74, 6) is 1.54. The van der Waals surface area contributed by atoms with E-state index in [2.05, 4.69) is 86.7 Å². The van der Waals surface area contributed by atoms with Gasteiger partial charge in [-0.2, -0.15) is 0 Å². The van der Waals surface area contributed by atoms with Gasteiger partial charge < -0.3 is 68.1 Å². The third-order valence-corrected chi connectivity index (χ3v) is 30.2. The van der Waals surface area contributed by atoms with Gasteiger partial charge in [-0.15, -0.1) is 18.9 Å². The van der Waals surface area contributed by atoms with Gasteiger partial charge in [0.15, 0.2) is 11.5 Å². The summed E-state index contributed by atoms with van der Waals surface area (Å²) in [5.41, 5.74) is 15.8. The number of rotatable bonds is 41. The maximum atomic E-state index is 14.2. The molecule has 29 heteroatoms. The van der Waals surface area contributed by atoms with Crippen LogP contribution in [-0.2, 0) is 116 Å². The lowest BCUT2D eigenvalue weighted by atomic mass is 10.1. The number of hydrogen-bond donors (Lipinski definition) is 3. The Morgan fingerprint density at radius 2 is 0.832 bits per heavy atom. The van der Waals surface area contributed by atoms with Crippen LogP contribution in [0.5, 0.6) is 23.0 Å². The Labute approximate surface area is 787 Å². The standard InChI is InChI=1S/C59H68N6O8S2.C25H44N2O5S2.C17H14N2O2.CH4/c1-8-21-70-23-24-71-22-20-63(19-13-18-56(66)62(5)38-59(3,4)75(7)74)44-27-40(36-72-53-32-49-47(25-39(53)2)57(67)64-45(34-60-49)29-42-14-9-11-16-51(42)64)26-41(28-44)37-73-55-33-50-48(31-54(55)69-6)58(68)65-46(35-61-50)30-43-15-10-12-17-52(43)65;1-6-11-31-13-14-32-12-10-27(23-16-21(18-28)15-22(17-23)19-29)9-7-8-24(30)26(4)20-25(2,3)34(5)33;1-10-6-13-14(8-16(10)20)18-9-12-7-11-4-2-3-5-15(11)19(12)17(13)21;/h9-12,14-17,25-28,31-35,45-46H,8,13,18-24,29-30,36-38H2,1-7H3;15-17,28-29H,6-14,18-20H2,1-5H3;2-6,8-9,12,20H,7H2,1H3;1H4/t45-,46-,75?;;12-;/m0.0./s1. The number of para-hydroxylation sites is 3. The number of carbonyl (C=O) groups excluding carboxylic acids is 5. The van der Waals surface area contributed by atoms with Crippen molar-refractivity contribution in [1.82, 2.24) is 9.80 Å². The Morgan fingerprint density at radius 1 is 0.473 bits per heavy atom. The van der Waals surface area contributed by atoms with E-state index in [0.29, 0.717) is 181 Å². The van der Waals surface area contributed by atoms with Gasteiger partial charge in [0, 0.05) is 173 Å². The van der Waals surface area contributed by atoms with Crippen molar-refractivity contribution in [3.63, 3.8) is 0 Å². The number of anilines is 5. The molecule has 5 atom stereocenters. The Hall–Kier alpha value is -10.2. The van der Waals surface area contributed by atoms with E-state index in [4.69, 9.17) is 65.5 Å². The van der Waals surface area contributed by atoms with Crippen molar-refractivity contribution >= 4 is 135 Å². The van der Waals surface area contributed by atoms with E-state index < -0.39 is 0 Å². The largest absolute Gasteiger partial charge is 0.508 e. The number of nitrogens with zero attached hydrogens (tertiary/aromatic N) is 10. The summed E-state index contributed by atoms with van der Waals surface area (Å²) in [6, 6.07) is 46.0. The molecular formula is C102H130N10O15S4. The van der Waals surface area contributed by atoms with E-state index >= 15 is 0 Å². The molecule has 8 aromatic carbocycles. The number of methoxy groups -OCH3 is 1. The van der Waals surface area contributed by atoms with E-state index in [1.54, 1.807) is 65.3 Å². The number of aryl methyl sites for hydroxylation is 2. The minimum absolute atomic E-state index is 0. The first kappa shape index (κ1) is 101. The number of aromatic hydroxyl groups is 1. The number of benzene rings is 8. The molecule has 0 aromatic heterocycles. The summed E-state index contributed by atoms with van der Waals surface area (Å²) in [4.78, 5) is 95.1. The van der Waals surface area contributed by atoms with Crippen molar-refractivity contribution < 1.29 is 72.5 Å². The van der Waals surface area contributed by atoms with Crippen LogP contribution < -0.4 is 38.7 Å². The molecule has 5 amide bonds. The topological polar surface area (TPSA) is 270 Å². The third kappa shape index (κ3) is 25.8. The fraction of sp³-hybridized carbons (Fsp3) is 0.451. The Kier molecular flexibility index (Phi) is 36.7. The van der Waals surface area contributed by atoms with Crippen LogP contribution in [0.4, 0.5) is 45.5 Å². The molecule has 0 saturated heterocycles. The maximum absolute atomic E-state index is 14.2. The minimum Gasteiger partial charge on any atom is -0.508 e. The normalized spacial score (nSPS) is 15.8. The highest BCUT2D eigenvalue weighted by Gasteiger charge is 2.40. The lowest BCUT2D eigenvalue weighted by molar-refractivity contribution is -0.131. The summed E-state index contributed by atoms with van der Waals surface area (Å²) in [5, 5.41) is 29.1. The SMILES string of the molecule is C.CCCOCCOCCN(CCCC(=O)N(C)CC(C)(C)S(C)=S)c1cc(CO)cc(CO)c1.CCCOCCOCCN(CCCC(=O)N(C)CC(C)(C)S(C)=S)c1cc(COc2cc3c(cc2C)C(=O)N2c4ccccc4C[C@H]2C=N3)cc(COc2cc3c(cc2OC)C(=O)N2c4ccccc4C[C@H]2C=N3)c1.Cc1cc2c(cc1O)N=C[C@@H]1Cc3ccccc3N1C2=O. The Bertz CT molecular complexity index is 5470. The second kappa shape index (κ2) is 47.4. The zero-order chi connectivity index (χ0) is 92.9. The first-order valence-electron chi connectivity index (χ1n) is 44.8. The molecule has 0 spiro atoms. The lowest BCUT2D eigenvalue weighted by Crippen LogP contribution is -2.42. The van der Waals surface area contributed by atoms with Crippen LogP contribution in [0.2, 0.25) is 0 Å². The molecule has 0 saturated carbocycles. The van der Waals surface area contributed by atoms with Gasteiger partial charge in [0.25, 0.3) is 17.7 Å². The van der Waals surface area contributed by atoms with Crippen molar-refractivity contribution in [3.8, 4) is 23.0 Å². The average Bonchev–Trinajstić information content (AvgIpc) is 1.62. The molecule has 702 valence electrons. The van der Waals surface area contributed by atoms with Crippen LogP contribution in [0.1, 0.15) is 169 Å². The highest BCUT2D eigenvalue weighted by molar-refractivity contribution is 8.29. The molecule has 131 heavy (non-hydrogen) atoms. The second-order valence-electron chi connectivity index (χ2n) is 34.8. The number of carbonyl (C=O) groups is 5. The average molecular weight is 1860 g/mol. The molecule has 0 fully saturated rings. The molecule has 0 radical (unpaired) electrons. The number of aliphatic hydroxyl groups excluding tert-OH is 2. The van der Waals surface area contributed by atoms with Crippen LogP contribution in [0.25, 0.3) is 0 Å². The van der Waals surface area contributed by atoms with Crippen LogP contribution in [0, 0.1) is 13.8 Å². The quantitative estimate of drug-likeness (QED) is 0.0300. The highest BCUT2D eigenvalue weighted by Crippen LogP contribution is 2.44. The van der Waals surface area contributed by atoms with Gasteiger partial charge in [-0.3, -0.25) is 53.6 Å². The number of hydrogen-bond acceptors (Lipinski definition) is 22. The smallest absolute Gasteiger partial charge is 0.261 e. The predicted octanol–water partition coefficient (Wildman–Crippen LogP) is 16.0. The molecule has 6 aliphatic rings. The summed E-state index contributed by atoms with van der Waals surface area (Å²) >= 11 is 11.1. The number of aliphatic imine (C=N–C) groups is 3. The molecule has 3 N–H and O–H groups in total. The molecule has 6 aliphatic heterocycles. The van der Waals surface area contributed by atoms with Crippen molar-refractivity contribution in [2.75, 3.05) is 150 Å². The van der Waals surface area contributed by atoms with Gasteiger partial charge in [0.05, 0.1) is 112 Å². The number of phenols is 1. The fourth-order valence-corrected chi connectivity index (χ4v) is 17.8. The van der Waals surface area contributed by atoms with E-state index in [1.807, 2.05) is 141 Å². The van der Waals surface area contributed by atoms with Crippen LogP contribution >= 0.6 is 0 Å². The molecule has 0 bridgehead atoms. The Balaban J connectivity index is 0.000000241. The van der Waals surface area contributed by atoms with Crippen molar-refractivity contribution in [2.24, 2.45) is 15.0 Å². The van der Waals surface area contributed by atoms with Gasteiger partial charge in [0.1, 0.15) is 24.7 Å². The molecule has 0 aliphatic carbocycles. The van der Waals surface area contributed by atoms with Crippen molar-refractivity contribution in [1.29, 1.82) is 0 Å². The van der Waals surface area contributed by atoms with Crippen LogP contribution in [-0.4, -0.2) is 227 Å². The number of aliphatic hydroxyl groups is 2. The molecular weight excluding hydrogens is 1730 g/mol. The van der Waals surface area contributed by atoms with E-state index in [1.165, 1.54) is 5.56 Å². The van der Waals surface area contributed by atoms with E-state index in [-0.39, 0.29) is 116 Å². The van der Waals surface area contributed by atoms with Gasteiger partial charge in [0.2, 0.25) is 11.8 Å². The van der Waals surface area contributed by atoms with E-state index in [0.717, 1.165) is 93.3 Å². The first-order chi connectivity index (χ1) is 62.5. The van der Waals surface area contributed by atoms with Gasteiger partial charge in [-0.1, -0.05) is 104 Å². The summed E-state index contributed by atoms with van der Waals surface area (Å²) in [6.07, 6.45) is 15.8. The van der Waals surface area contributed by atoms with Crippen molar-refractivity contribution in [2.45, 2.75) is 175 Å². The summed E-state index contributed by atoms with van der Waals surface area (Å²) < 4.78 is 41.9. The predicted molar refractivity (Wildman–Crippen MR) is 535 cm³/mol. The summed E-state index contributed by atoms with van der Waals surface area (Å²) in [7, 11) is 4.79.